The minimum absolute atomic E-state index is 0.209. The van der Waals surface area contributed by atoms with Gasteiger partial charge in [-0.1, -0.05) is 6.07 Å². The van der Waals surface area contributed by atoms with Gasteiger partial charge < -0.3 is 10.8 Å². The molecule has 0 aliphatic carbocycles. The van der Waals surface area contributed by atoms with Gasteiger partial charge in [-0.05, 0) is 66.9 Å². The molecular formula is C16H19N3O. The first-order valence-corrected chi connectivity index (χ1v) is 6.34. The van der Waals surface area contributed by atoms with Crippen molar-refractivity contribution in [2.45, 2.75) is 13.8 Å². The van der Waals surface area contributed by atoms with E-state index in [4.69, 9.17) is 11.6 Å². The second-order valence-electron chi connectivity index (χ2n) is 4.88. The molecule has 0 aromatic heterocycles. The van der Waals surface area contributed by atoms with E-state index < -0.39 is 0 Å². The highest BCUT2D eigenvalue weighted by Crippen LogP contribution is 2.19. The molecule has 0 saturated carbocycles. The number of nitrogens with two attached hydrogens (primary N) is 2. The summed E-state index contributed by atoms with van der Waals surface area (Å²) in [5, 5.41) is 10.8. The summed E-state index contributed by atoms with van der Waals surface area (Å²) in [4.78, 5) is 0. The van der Waals surface area contributed by atoms with Crippen LogP contribution >= 0.6 is 0 Å². The molecule has 2 rings (SSSR count). The summed E-state index contributed by atoms with van der Waals surface area (Å²) in [7, 11) is 0. The molecule has 104 valence electrons. The Morgan fingerprint density at radius 2 is 1.60 bits per heavy atom. The summed E-state index contributed by atoms with van der Waals surface area (Å²) >= 11 is 0. The summed E-state index contributed by atoms with van der Waals surface area (Å²) in [6, 6.07) is 12.7. The van der Waals surface area contributed by atoms with Crippen molar-refractivity contribution in [1.82, 2.24) is 0 Å². The van der Waals surface area contributed by atoms with Gasteiger partial charge in [-0.2, -0.15) is 0 Å². The molecule has 0 aliphatic rings. The van der Waals surface area contributed by atoms with Crippen molar-refractivity contribution in [2.24, 2.45) is 11.6 Å². The van der Waals surface area contributed by atoms with Crippen LogP contribution in [0.5, 0.6) is 5.75 Å². The van der Waals surface area contributed by atoms with Crippen molar-refractivity contribution in [1.29, 1.82) is 0 Å². The minimum Gasteiger partial charge on any atom is -0.508 e. The first-order valence-electron chi connectivity index (χ1n) is 6.34. The molecule has 20 heavy (non-hydrogen) atoms. The molecule has 0 fully saturated rings. The smallest absolute Gasteiger partial charge is 0.115 e. The standard InChI is InChI=1S/C16H19N3O/c1-11-7-12(2)9-14(8-11)19(18)10-16(17)13-3-5-15(20)6-4-13/h3-10,20H,17-18H2,1-2H3/b16-10-. The van der Waals surface area contributed by atoms with Gasteiger partial charge >= 0.3 is 0 Å². The Hall–Kier alpha value is -2.46. The third-order valence-corrected chi connectivity index (χ3v) is 2.98. The van der Waals surface area contributed by atoms with E-state index in [-0.39, 0.29) is 5.75 Å². The lowest BCUT2D eigenvalue weighted by Gasteiger charge is -2.16. The zero-order valence-corrected chi connectivity index (χ0v) is 11.7. The van der Waals surface area contributed by atoms with Crippen molar-refractivity contribution in [3.05, 3.63) is 65.4 Å². The zero-order chi connectivity index (χ0) is 14.7. The van der Waals surface area contributed by atoms with Crippen molar-refractivity contribution in [3.8, 4) is 5.75 Å². The predicted molar refractivity (Wildman–Crippen MR) is 82.9 cm³/mol. The number of anilines is 1. The van der Waals surface area contributed by atoms with Gasteiger partial charge in [0.1, 0.15) is 5.75 Å². The SMILES string of the molecule is Cc1cc(C)cc(N(N)/C=C(\N)c2ccc(O)cc2)c1. The third kappa shape index (κ3) is 3.30. The molecule has 2 aromatic rings. The molecule has 0 radical (unpaired) electrons. The van der Waals surface area contributed by atoms with Crippen LogP contribution in [-0.2, 0) is 0 Å². The molecule has 4 nitrogen and oxygen atoms in total. The monoisotopic (exact) mass is 269 g/mol. The first kappa shape index (κ1) is 14.0. The molecule has 0 bridgehead atoms. The highest BCUT2D eigenvalue weighted by molar-refractivity contribution is 5.66. The Balaban J connectivity index is 2.26. The van der Waals surface area contributed by atoms with Gasteiger partial charge in [0, 0.05) is 6.20 Å². The maximum atomic E-state index is 9.26. The van der Waals surface area contributed by atoms with E-state index in [2.05, 4.69) is 6.07 Å². The Morgan fingerprint density at radius 3 is 2.15 bits per heavy atom. The van der Waals surface area contributed by atoms with E-state index in [1.807, 2.05) is 26.0 Å². The molecule has 0 atom stereocenters. The van der Waals surface area contributed by atoms with Gasteiger partial charge in [0.2, 0.25) is 0 Å². The van der Waals surface area contributed by atoms with Crippen LogP contribution in [0, 0.1) is 13.8 Å². The number of hydrogen-bond donors (Lipinski definition) is 3. The highest BCUT2D eigenvalue weighted by atomic mass is 16.3. The summed E-state index contributed by atoms with van der Waals surface area (Å²) in [5.41, 5.74) is 10.5. The average molecular weight is 269 g/mol. The summed E-state index contributed by atoms with van der Waals surface area (Å²) in [6.07, 6.45) is 1.67. The second-order valence-corrected chi connectivity index (χ2v) is 4.88. The van der Waals surface area contributed by atoms with Gasteiger partial charge in [0.15, 0.2) is 0 Å². The molecule has 5 N–H and O–H groups in total. The quantitative estimate of drug-likeness (QED) is 0.591. The van der Waals surface area contributed by atoms with E-state index in [0.717, 1.165) is 22.4 Å². The van der Waals surface area contributed by atoms with Gasteiger partial charge in [0.05, 0.1) is 11.4 Å². The van der Waals surface area contributed by atoms with Crippen molar-refractivity contribution in [3.63, 3.8) is 0 Å². The zero-order valence-electron chi connectivity index (χ0n) is 11.7. The molecule has 2 aromatic carbocycles. The molecule has 4 heteroatoms. The fourth-order valence-electron chi connectivity index (χ4n) is 2.05. The average Bonchev–Trinajstić information content (AvgIpc) is 2.38. The van der Waals surface area contributed by atoms with Crippen LogP contribution < -0.4 is 16.6 Å². The molecular weight excluding hydrogens is 250 g/mol. The van der Waals surface area contributed by atoms with Gasteiger partial charge in [-0.25, -0.2) is 5.84 Å². The number of phenolic OH excluding ortho intramolecular Hbond substituents is 1. The van der Waals surface area contributed by atoms with Gasteiger partial charge in [0.25, 0.3) is 0 Å². The first-order chi connectivity index (χ1) is 9.45. The Labute approximate surface area is 118 Å². The van der Waals surface area contributed by atoms with Crippen LogP contribution in [0.15, 0.2) is 48.7 Å². The van der Waals surface area contributed by atoms with Crippen LogP contribution in [0.1, 0.15) is 16.7 Å². The minimum atomic E-state index is 0.209. The van der Waals surface area contributed by atoms with E-state index in [9.17, 15) is 5.11 Å². The lowest BCUT2D eigenvalue weighted by molar-refractivity contribution is 0.475. The number of aromatic hydroxyl groups is 1. The van der Waals surface area contributed by atoms with Crippen molar-refractivity contribution in [2.75, 3.05) is 5.01 Å². The maximum absolute atomic E-state index is 9.26. The predicted octanol–water partition coefficient (Wildman–Crippen LogP) is 2.65. The third-order valence-electron chi connectivity index (χ3n) is 2.98. The lowest BCUT2D eigenvalue weighted by Crippen LogP contribution is -2.25. The number of hydrazine groups is 1. The molecule has 0 heterocycles. The number of hydrogen-bond acceptors (Lipinski definition) is 4. The normalized spacial score (nSPS) is 11.4. The Kier molecular flexibility index (Phi) is 3.96. The van der Waals surface area contributed by atoms with Crippen LogP contribution in [-0.4, -0.2) is 5.11 Å². The Bertz CT molecular complexity index is 612. The topological polar surface area (TPSA) is 75.5 Å². The van der Waals surface area contributed by atoms with Gasteiger partial charge in [-0.15, -0.1) is 0 Å². The number of phenols is 1. The molecule has 0 spiro atoms. The number of benzene rings is 2. The maximum Gasteiger partial charge on any atom is 0.115 e. The fraction of sp³-hybridized carbons (Fsp3) is 0.125. The summed E-state index contributed by atoms with van der Waals surface area (Å²) in [6.45, 7) is 4.05. The molecule has 0 aliphatic heterocycles. The number of rotatable bonds is 3. The highest BCUT2D eigenvalue weighted by Gasteiger charge is 2.03. The van der Waals surface area contributed by atoms with E-state index in [0.29, 0.717) is 5.70 Å². The van der Waals surface area contributed by atoms with E-state index in [1.54, 1.807) is 30.5 Å². The van der Waals surface area contributed by atoms with Crippen LogP contribution in [0.2, 0.25) is 0 Å². The van der Waals surface area contributed by atoms with E-state index in [1.165, 1.54) is 5.01 Å². The van der Waals surface area contributed by atoms with Crippen LogP contribution in [0.25, 0.3) is 5.70 Å². The molecule has 0 saturated heterocycles. The lowest BCUT2D eigenvalue weighted by atomic mass is 10.1. The fourth-order valence-corrected chi connectivity index (χ4v) is 2.05. The second kappa shape index (κ2) is 5.67. The van der Waals surface area contributed by atoms with Crippen LogP contribution in [0.4, 0.5) is 5.69 Å². The van der Waals surface area contributed by atoms with Crippen molar-refractivity contribution < 1.29 is 5.11 Å². The Morgan fingerprint density at radius 1 is 1.05 bits per heavy atom. The van der Waals surface area contributed by atoms with Gasteiger partial charge in [-0.3, -0.25) is 5.01 Å². The van der Waals surface area contributed by atoms with Crippen molar-refractivity contribution >= 4 is 11.4 Å². The summed E-state index contributed by atoms with van der Waals surface area (Å²) in [5.74, 6) is 6.24. The largest absolute Gasteiger partial charge is 0.508 e. The van der Waals surface area contributed by atoms with E-state index >= 15 is 0 Å². The number of aryl methyl sites for hydroxylation is 2. The number of nitrogens with zero attached hydrogens (tertiary/aromatic N) is 1. The molecule has 0 unspecified atom stereocenters. The molecule has 0 amide bonds. The van der Waals surface area contributed by atoms with Crippen LogP contribution in [0.3, 0.4) is 0 Å². The summed E-state index contributed by atoms with van der Waals surface area (Å²) < 4.78 is 0.